The number of carbonyl (C=O) groups excluding carboxylic acids is 1. The van der Waals surface area contributed by atoms with Gasteiger partial charge in [-0.25, -0.2) is 17.5 Å². The Labute approximate surface area is 409 Å². The summed E-state index contributed by atoms with van der Waals surface area (Å²) in [7, 11) is -4.86. The molecule has 2 aromatic heterocycles. The summed E-state index contributed by atoms with van der Waals surface area (Å²) in [5, 5.41) is 25.9. The van der Waals surface area contributed by atoms with E-state index in [0.29, 0.717) is 62.5 Å². The molecule has 2 saturated heterocycles. The number of halogens is 3. The standard InChI is InChI=1S/C51H58F3N7O9S/c1-29(2)34-7-4-5-8-35(34)40-9-6-18-60(40)32-25-51(26-32)16-19-59(20-17-51)31-10-11-36(42(21-31)69-44-24-37-38(52)27-55-46(37)57-48(44)70-49(53)54)47(62)58-71(66,67)33-22-41(61(64)65)45-43(23-33)68-28-39(56-45)30-12-14-50(3,63)15-13-30/h4-5,7-8,10-11,21-24,27,29-30,32,39-40,49,56,63H,6,9,12-20,25-26,28H2,1-3H3,(H,55,57)(H,58,62)/t30-,39-,40+,50-/m1/s1. The van der Waals surface area contributed by atoms with Crippen molar-refractivity contribution in [3.05, 3.63) is 99.5 Å². The molecule has 3 aromatic carbocycles. The Hall–Kier alpha value is -6.12. The van der Waals surface area contributed by atoms with Gasteiger partial charge in [0.2, 0.25) is 0 Å². The molecule has 3 aliphatic heterocycles. The van der Waals surface area contributed by atoms with Crippen molar-refractivity contribution in [1.29, 1.82) is 0 Å². The zero-order valence-electron chi connectivity index (χ0n) is 39.8. The molecule has 0 radical (unpaired) electrons. The van der Waals surface area contributed by atoms with Gasteiger partial charge in [-0.3, -0.25) is 19.8 Å². The van der Waals surface area contributed by atoms with Crippen LogP contribution in [0.2, 0.25) is 0 Å². The molecule has 0 unspecified atom stereocenters. The van der Waals surface area contributed by atoms with Crippen LogP contribution < -0.4 is 29.1 Å². The molecule has 2 atom stereocenters. The number of pyridine rings is 1. The number of alkyl halides is 2. The van der Waals surface area contributed by atoms with Crippen LogP contribution in [0.1, 0.15) is 118 Å². The van der Waals surface area contributed by atoms with E-state index in [1.807, 2.05) is 4.72 Å². The van der Waals surface area contributed by atoms with E-state index in [4.69, 9.17) is 9.47 Å². The van der Waals surface area contributed by atoms with Crippen LogP contribution in [0.4, 0.5) is 30.2 Å². The van der Waals surface area contributed by atoms with Gasteiger partial charge in [0.05, 0.1) is 32.4 Å². The van der Waals surface area contributed by atoms with Gasteiger partial charge in [-0.2, -0.15) is 13.8 Å². The Balaban J connectivity index is 0.897. The number of nitrogens with zero attached hydrogens (tertiary/aromatic N) is 4. The van der Waals surface area contributed by atoms with Crippen molar-refractivity contribution < 1.29 is 50.6 Å². The Morgan fingerprint density at radius 1 is 1.01 bits per heavy atom. The number of benzene rings is 3. The maximum Gasteiger partial charge on any atom is 0.388 e. The number of fused-ring (bicyclic) bond motifs is 2. The van der Waals surface area contributed by atoms with Crippen LogP contribution in [0, 0.1) is 27.3 Å². The van der Waals surface area contributed by atoms with Crippen molar-refractivity contribution in [2.24, 2.45) is 11.3 Å². The fraction of sp³-hybridized carbons (Fsp3) is 0.490. The molecule has 1 spiro atoms. The van der Waals surface area contributed by atoms with E-state index in [9.17, 15) is 41.6 Å². The van der Waals surface area contributed by atoms with Crippen LogP contribution >= 0.6 is 0 Å². The second kappa shape index (κ2) is 18.8. The first kappa shape index (κ1) is 48.5. The maximum atomic E-state index is 14.9. The zero-order chi connectivity index (χ0) is 50.0. The van der Waals surface area contributed by atoms with Gasteiger partial charge in [0.25, 0.3) is 27.5 Å². The van der Waals surface area contributed by atoms with E-state index < -0.39 is 61.1 Å². The first-order chi connectivity index (χ1) is 33.9. The van der Waals surface area contributed by atoms with Crippen molar-refractivity contribution >= 4 is 44.0 Å². The number of aromatic nitrogens is 2. The minimum absolute atomic E-state index is 0.00404. The number of anilines is 2. The van der Waals surface area contributed by atoms with Crippen molar-refractivity contribution in [3.8, 4) is 23.1 Å². The Morgan fingerprint density at radius 3 is 2.48 bits per heavy atom. The van der Waals surface area contributed by atoms with Crippen LogP contribution in [0.3, 0.4) is 0 Å². The Morgan fingerprint density at radius 2 is 1.76 bits per heavy atom. The summed E-state index contributed by atoms with van der Waals surface area (Å²) in [6.45, 7) is 5.36. The van der Waals surface area contributed by atoms with Crippen molar-refractivity contribution in [2.45, 2.75) is 126 Å². The normalized spacial score (nSPS) is 23.6. The molecule has 10 rings (SSSR count). The van der Waals surface area contributed by atoms with Gasteiger partial charge in [-0.15, -0.1) is 0 Å². The van der Waals surface area contributed by atoms with Gasteiger partial charge in [0.15, 0.2) is 17.2 Å². The lowest BCUT2D eigenvalue weighted by Crippen LogP contribution is -2.54. The summed E-state index contributed by atoms with van der Waals surface area (Å²) >= 11 is 0. The molecule has 16 nitrogen and oxygen atoms in total. The Bertz CT molecular complexity index is 2960. The van der Waals surface area contributed by atoms with Crippen molar-refractivity contribution in [3.63, 3.8) is 0 Å². The molecule has 2 saturated carbocycles. The molecule has 378 valence electrons. The first-order valence-electron chi connectivity index (χ1n) is 24.4. The Kier molecular flexibility index (Phi) is 12.8. The van der Waals surface area contributed by atoms with Gasteiger partial charge in [-0.05, 0) is 118 Å². The molecule has 1 amide bonds. The highest BCUT2D eigenvalue weighted by Crippen LogP contribution is 2.54. The summed E-state index contributed by atoms with van der Waals surface area (Å²) in [6.07, 6.45) is 9.67. The topological polar surface area (TPSA) is 201 Å². The molecule has 2 aliphatic carbocycles. The minimum Gasteiger partial charge on any atom is -0.489 e. The fourth-order valence-corrected chi connectivity index (χ4v) is 12.7. The molecular weight excluding hydrogens is 944 g/mol. The number of hydrogen-bond acceptors (Lipinski definition) is 13. The molecule has 0 bridgehead atoms. The van der Waals surface area contributed by atoms with Crippen LogP contribution in [0.25, 0.3) is 11.0 Å². The van der Waals surface area contributed by atoms with E-state index >= 15 is 0 Å². The molecule has 5 aromatic rings. The van der Waals surface area contributed by atoms with E-state index in [2.05, 4.69) is 67.9 Å². The number of amides is 1. The number of likely N-dealkylation sites (tertiary alicyclic amines) is 1. The van der Waals surface area contributed by atoms with Gasteiger partial charge in [0, 0.05) is 61.3 Å². The molecule has 5 aliphatic rings. The predicted molar refractivity (Wildman–Crippen MR) is 259 cm³/mol. The number of carbonyl (C=O) groups is 1. The summed E-state index contributed by atoms with van der Waals surface area (Å²) < 4.78 is 89.2. The summed E-state index contributed by atoms with van der Waals surface area (Å²) in [5.41, 5.74) is 1.74. The quantitative estimate of drug-likeness (QED) is 0.0642. The monoisotopic (exact) mass is 1000 g/mol. The lowest BCUT2D eigenvalue weighted by Gasteiger charge is -2.56. The second-order valence-corrected chi connectivity index (χ2v) is 22.3. The number of nitro groups is 1. The van der Waals surface area contributed by atoms with Gasteiger partial charge < -0.3 is 34.5 Å². The number of hydrogen-bond donors (Lipinski definition) is 4. The van der Waals surface area contributed by atoms with Gasteiger partial charge in [0.1, 0.15) is 23.8 Å². The van der Waals surface area contributed by atoms with Crippen molar-refractivity contribution in [1.82, 2.24) is 19.6 Å². The number of sulfonamides is 1. The highest BCUT2D eigenvalue weighted by molar-refractivity contribution is 7.90. The van der Waals surface area contributed by atoms with Crippen LogP contribution in [0.5, 0.6) is 23.1 Å². The van der Waals surface area contributed by atoms with Gasteiger partial charge in [-0.1, -0.05) is 38.1 Å². The molecule has 5 heterocycles. The largest absolute Gasteiger partial charge is 0.489 e. The number of aliphatic hydroxyl groups is 1. The predicted octanol–water partition coefficient (Wildman–Crippen LogP) is 9.95. The fourth-order valence-electron chi connectivity index (χ4n) is 11.7. The van der Waals surface area contributed by atoms with Gasteiger partial charge >= 0.3 is 6.61 Å². The highest BCUT2D eigenvalue weighted by atomic mass is 32.2. The van der Waals surface area contributed by atoms with Crippen LogP contribution in [-0.4, -0.2) is 89.8 Å². The average Bonchev–Trinajstić information content (AvgIpc) is 3.96. The third kappa shape index (κ3) is 9.69. The third-order valence-corrected chi connectivity index (χ3v) is 17.0. The number of nitrogens with one attached hydrogen (secondary N) is 3. The van der Waals surface area contributed by atoms with E-state index in [1.54, 1.807) is 13.0 Å². The first-order valence-corrected chi connectivity index (χ1v) is 25.9. The lowest BCUT2D eigenvalue weighted by molar-refractivity contribution is -0.384. The second-order valence-electron chi connectivity index (χ2n) is 20.6. The summed E-state index contributed by atoms with van der Waals surface area (Å²) in [4.78, 5) is 36.6. The maximum absolute atomic E-state index is 14.9. The number of ether oxygens (including phenoxy) is 3. The van der Waals surface area contributed by atoms with Crippen LogP contribution in [-0.2, 0) is 10.0 Å². The molecule has 20 heteroatoms. The third-order valence-electron chi connectivity index (χ3n) is 15.7. The number of H-pyrrole nitrogens is 1. The summed E-state index contributed by atoms with van der Waals surface area (Å²) in [6, 6.07) is 16.8. The minimum atomic E-state index is -4.86. The number of aromatic amines is 1. The molecular formula is C51H58F3N7O9S. The van der Waals surface area contributed by atoms with Crippen molar-refractivity contribution in [2.75, 3.05) is 36.5 Å². The van der Waals surface area contributed by atoms with Crippen LogP contribution in [0.15, 0.2) is 71.8 Å². The summed E-state index contributed by atoms with van der Waals surface area (Å²) in [5.74, 6) is -3.09. The number of nitro benzene ring substituents is 1. The highest BCUT2D eigenvalue weighted by Gasteiger charge is 2.50. The van der Waals surface area contributed by atoms with E-state index in [1.165, 1.54) is 23.3 Å². The molecule has 4 fully saturated rings. The smallest absolute Gasteiger partial charge is 0.388 e. The number of piperidine rings is 1. The zero-order valence-corrected chi connectivity index (χ0v) is 40.6. The van der Waals surface area contributed by atoms with E-state index in [0.717, 1.165) is 69.5 Å². The molecule has 71 heavy (non-hydrogen) atoms. The average molecular weight is 1000 g/mol. The number of rotatable bonds is 13. The lowest BCUT2D eigenvalue weighted by atomic mass is 9.59. The SMILES string of the molecule is CC(C)c1ccccc1[C@@H]1CCCN1C1CC2(CCN(c3ccc(C(=O)NS(=O)(=O)c4cc5c(c([N+](=O)[O-])c4)N[C@@H]([C@H]4CC[C@](C)(O)CC4)CO5)c(Oc4cc5c(F)c[nH]c5nc4OC(F)F)c3)CC2)C1. The molecule has 4 N–H and O–H groups in total. The van der Waals surface area contributed by atoms with E-state index in [-0.39, 0.29) is 57.8 Å².